The largest absolute Gasteiger partial charge is 0.481 e. The fourth-order valence-electron chi connectivity index (χ4n) is 1.32. The van der Waals surface area contributed by atoms with Gasteiger partial charge in [0.2, 0.25) is 11.8 Å². The molecule has 6 N–H and O–H groups in total. The molecule has 4 amide bonds. The van der Waals surface area contributed by atoms with Crippen molar-refractivity contribution >= 4 is 23.8 Å². The number of nitrogens with two attached hydrogens (primary N) is 2. The zero-order valence-electron chi connectivity index (χ0n) is 10.6. The maximum Gasteiger partial charge on any atom is 0.318 e. The highest BCUT2D eigenvalue weighted by atomic mass is 16.4. The van der Waals surface area contributed by atoms with Crippen molar-refractivity contribution in [2.45, 2.75) is 13.3 Å². The number of aliphatic carboxylic acids is 1. The molecule has 0 aliphatic carbocycles. The van der Waals surface area contributed by atoms with E-state index >= 15 is 0 Å². The van der Waals surface area contributed by atoms with Gasteiger partial charge >= 0.3 is 12.0 Å². The lowest BCUT2D eigenvalue weighted by Crippen LogP contribution is -2.48. The Morgan fingerprint density at radius 1 is 1.16 bits per heavy atom. The number of carbonyl (C=O) groups excluding carboxylic acids is 3. The minimum atomic E-state index is -0.979. The second kappa shape index (κ2) is 7.90. The number of hydrogen-bond acceptors (Lipinski definition) is 4. The van der Waals surface area contributed by atoms with Crippen LogP contribution in [-0.2, 0) is 14.4 Å². The van der Waals surface area contributed by atoms with Crippen molar-refractivity contribution in [2.24, 2.45) is 17.4 Å². The van der Waals surface area contributed by atoms with Crippen LogP contribution in [-0.4, -0.2) is 53.5 Å². The summed E-state index contributed by atoms with van der Waals surface area (Å²) < 4.78 is 0. The summed E-state index contributed by atoms with van der Waals surface area (Å²) >= 11 is 0. The fourth-order valence-corrected chi connectivity index (χ4v) is 1.32. The molecule has 0 aromatic rings. The molecule has 1 atom stereocenters. The Balaban J connectivity index is 4.34. The third-order valence-electron chi connectivity index (χ3n) is 2.11. The molecule has 0 radical (unpaired) electrons. The first-order valence-corrected chi connectivity index (χ1v) is 5.53. The van der Waals surface area contributed by atoms with E-state index in [0.29, 0.717) is 0 Å². The lowest BCUT2D eigenvalue weighted by Gasteiger charge is -2.21. The first kappa shape index (κ1) is 16.7. The summed E-state index contributed by atoms with van der Waals surface area (Å²) in [6.07, 6.45) is -0.105. The van der Waals surface area contributed by atoms with Crippen molar-refractivity contribution < 1.29 is 24.3 Å². The molecule has 0 bridgehead atoms. The first-order chi connectivity index (χ1) is 8.72. The van der Waals surface area contributed by atoms with Crippen molar-refractivity contribution in [1.82, 2.24) is 10.2 Å². The average Bonchev–Trinajstić information content (AvgIpc) is 2.22. The molecule has 0 saturated carbocycles. The summed E-state index contributed by atoms with van der Waals surface area (Å²) in [5.74, 6) is -2.83. The third kappa shape index (κ3) is 8.41. The zero-order valence-corrected chi connectivity index (χ0v) is 10.6. The summed E-state index contributed by atoms with van der Waals surface area (Å²) in [5, 5.41) is 11.0. The topological polar surface area (TPSA) is 156 Å². The number of hydrogen-bond donors (Lipinski definition) is 4. The van der Waals surface area contributed by atoms with Gasteiger partial charge in [-0.25, -0.2) is 4.79 Å². The molecular formula is C10H18N4O5. The van der Waals surface area contributed by atoms with E-state index in [0.717, 1.165) is 4.90 Å². The Labute approximate surface area is 109 Å². The van der Waals surface area contributed by atoms with Crippen molar-refractivity contribution in [1.29, 1.82) is 0 Å². The quantitative estimate of drug-likeness (QED) is 0.406. The number of nitrogens with one attached hydrogen (secondary N) is 1. The molecule has 9 heteroatoms. The minimum Gasteiger partial charge on any atom is -0.481 e. The van der Waals surface area contributed by atoms with Crippen LogP contribution >= 0.6 is 0 Å². The average molecular weight is 274 g/mol. The molecule has 0 fully saturated rings. The van der Waals surface area contributed by atoms with Gasteiger partial charge in [0.15, 0.2) is 0 Å². The third-order valence-corrected chi connectivity index (χ3v) is 2.11. The van der Waals surface area contributed by atoms with Crippen molar-refractivity contribution in [3.05, 3.63) is 0 Å². The highest BCUT2D eigenvalue weighted by Gasteiger charge is 2.18. The van der Waals surface area contributed by atoms with Crippen molar-refractivity contribution in [3.63, 3.8) is 0 Å². The smallest absolute Gasteiger partial charge is 0.318 e. The second-order valence-corrected chi connectivity index (χ2v) is 4.18. The van der Waals surface area contributed by atoms with Crippen LogP contribution < -0.4 is 16.8 Å². The van der Waals surface area contributed by atoms with E-state index in [-0.39, 0.29) is 18.9 Å². The van der Waals surface area contributed by atoms with Crippen LogP contribution in [0, 0.1) is 5.92 Å². The number of carbonyl (C=O) groups is 4. The Kier molecular flexibility index (Phi) is 6.94. The van der Waals surface area contributed by atoms with Gasteiger partial charge < -0.3 is 26.8 Å². The lowest BCUT2D eigenvalue weighted by atomic mass is 10.1. The van der Waals surface area contributed by atoms with Crippen molar-refractivity contribution in [3.8, 4) is 0 Å². The fraction of sp³-hybridized carbons (Fsp3) is 0.600. The van der Waals surface area contributed by atoms with E-state index in [1.807, 2.05) is 0 Å². The number of carboxylic acids is 1. The van der Waals surface area contributed by atoms with Crippen LogP contribution in [0.25, 0.3) is 0 Å². The summed E-state index contributed by atoms with van der Waals surface area (Å²) in [7, 11) is 0. The number of urea groups is 1. The zero-order chi connectivity index (χ0) is 15.0. The Bertz CT molecular complexity index is 355. The van der Waals surface area contributed by atoms with Gasteiger partial charge in [0.1, 0.15) is 13.1 Å². The molecule has 108 valence electrons. The monoisotopic (exact) mass is 274 g/mol. The molecule has 0 heterocycles. The molecule has 0 spiro atoms. The maximum atomic E-state index is 11.7. The Morgan fingerprint density at radius 3 is 2.00 bits per heavy atom. The summed E-state index contributed by atoms with van der Waals surface area (Å²) in [5.41, 5.74) is 9.88. The van der Waals surface area contributed by atoms with Crippen LogP contribution in [0.15, 0.2) is 0 Å². The Morgan fingerprint density at radius 2 is 1.63 bits per heavy atom. The van der Waals surface area contributed by atoms with Gasteiger partial charge in [0, 0.05) is 13.0 Å². The van der Waals surface area contributed by atoms with Gasteiger partial charge in [-0.05, 0) is 5.92 Å². The van der Waals surface area contributed by atoms with Crippen molar-refractivity contribution in [2.75, 3.05) is 19.6 Å². The summed E-state index contributed by atoms with van der Waals surface area (Å²) in [4.78, 5) is 44.4. The molecule has 1 unspecified atom stereocenters. The summed E-state index contributed by atoms with van der Waals surface area (Å²) in [6, 6.07) is -0.699. The van der Waals surface area contributed by atoms with Crippen LogP contribution in [0.1, 0.15) is 13.3 Å². The minimum absolute atomic E-state index is 0.0964. The van der Waals surface area contributed by atoms with E-state index in [2.05, 4.69) is 5.32 Å². The van der Waals surface area contributed by atoms with E-state index in [1.165, 1.54) is 0 Å². The molecule has 9 nitrogen and oxygen atoms in total. The number of rotatable bonds is 8. The van der Waals surface area contributed by atoms with Crippen LogP contribution in [0.2, 0.25) is 0 Å². The van der Waals surface area contributed by atoms with Gasteiger partial charge in [-0.2, -0.15) is 0 Å². The lowest BCUT2D eigenvalue weighted by molar-refractivity contribution is -0.138. The van der Waals surface area contributed by atoms with Gasteiger partial charge in [0.25, 0.3) is 0 Å². The highest BCUT2D eigenvalue weighted by molar-refractivity contribution is 5.87. The SMILES string of the molecule is CC(CNC(=O)N(CC(N)=O)CC(N)=O)CC(=O)O. The van der Waals surface area contributed by atoms with Crippen LogP contribution in [0.5, 0.6) is 0 Å². The van der Waals surface area contributed by atoms with E-state index < -0.39 is 36.9 Å². The predicted molar refractivity (Wildman–Crippen MR) is 64.8 cm³/mol. The molecule has 0 aliphatic heterocycles. The van der Waals surface area contributed by atoms with E-state index in [1.54, 1.807) is 6.92 Å². The molecule has 0 saturated heterocycles. The molecular weight excluding hydrogens is 256 g/mol. The molecule has 0 aliphatic rings. The number of amides is 4. The Hall–Kier alpha value is -2.32. The molecule has 19 heavy (non-hydrogen) atoms. The van der Waals surface area contributed by atoms with E-state index in [9.17, 15) is 19.2 Å². The number of carboxylic acid groups (broad SMARTS) is 1. The van der Waals surface area contributed by atoms with Gasteiger partial charge in [-0.3, -0.25) is 14.4 Å². The number of nitrogens with zero attached hydrogens (tertiary/aromatic N) is 1. The van der Waals surface area contributed by atoms with E-state index in [4.69, 9.17) is 16.6 Å². The maximum absolute atomic E-state index is 11.7. The van der Waals surface area contributed by atoms with Gasteiger partial charge in [-0.15, -0.1) is 0 Å². The first-order valence-electron chi connectivity index (χ1n) is 5.53. The van der Waals surface area contributed by atoms with Gasteiger partial charge in [0.05, 0.1) is 0 Å². The normalized spacial score (nSPS) is 11.4. The number of primary amides is 2. The predicted octanol–water partition coefficient (Wildman–Crippen LogP) is -1.92. The van der Waals surface area contributed by atoms with Gasteiger partial charge in [-0.1, -0.05) is 6.92 Å². The molecule has 0 rings (SSSR count). The second-order valence-electron chi connectivity index (χ2n) is 4.18. The molecule has 0 aromatic heterocycles. The van der Waals surface area contributed by atoms with Crippen LogP contribution in [0.3, 0.4) is 0 Å². The standard InChI is InChI=1S/C10H18N4O5/c1-6(2-9(17)18)3-13-10(19)14(4-7(11)15)5-8(12)16/h6H,2-5H2,1H3,(H2,11,15)(H2,12,16)(H,13,19)(H,17,18). The summed E-state index contributed by atoms with van der Waals surface area (Å²) in [6.45, 7) is 0.851. The van der Waals surface area contributed by atoms with Crippen LogP contribution in [0.4, 0.5) is 4.79 Å². The highest BCUT2D eigenvalue weighted by Crippen LogP contribution is 2.00. The molecule has 0 aromatic carbocycles.